The number of anilines is 1. The van der Waals surface area contributed by atoms with Crippen molar-refractivity contribution in [1.29, 1.82) is 0 Å². The molecule has 1 aromatic heterocycles. The van der Waals surface area contributed by atoms with Gasteiger partial charge in [0.2, 0.25) is 11.8 Å². The summed E-state index contributed by atoms with van der Waals surface area (Å²) in [5.74, 6) is 2.75. The number of methoxy groups -OCH3 is 1. The van der Waals surface area contributed by atoms with Gasteiger partial charge in [-0.1, -0.05) is 30.3 Å². The third kappa shape index (κ3) is 3.18. The number of hydrogen-bond donors (Lipinski definition) is 0. The summed E-state index contributed by atoms with van der Waals surface area (Å²) in [5.41, 5.74) is 2.59. The van der Waals surface area contributed by atoms with Gasteiger partial charge in [-0.05, 0) is 49.1 Å². The molecule has 0 spiro atoms. The molecule has 2 aromatic carbocycles. The highest BCUT2D eigenvalue weighted by atomic mass is 16.5. The lowest BCUT2D eigenvalue weighted by molar-refractivity contribution is 0.0862. The van der Waals surface area contributed by atoms with Gasteiger partial charge in [0.1, 0.15) is 17.1 Å². The highest BCUT2D eigenvalue weighted by molar-refractivity contribution is 6.20. The van der Waals surface area contributed by atoms with Gasteiger partial charge in [0, 0.05) is 13.2 Å². The second-order valence-corrected chi connectivity index (χ2v) is 8.81. The smallest absolute Gasteiger partial charge is 0.267 e. The van der Waals surface area contributed by atoms with Crippen molar-refractivity contribution in [3.63, 3.8) is 0 Å². The van der Waals surface area contributed by atoms with Gasteiger partial charge in [0.05, 0.1) is 31.4 Å². The molecule has 33 heavy (non-hydrogen) atoms. The number of benzene rings is 2. The zero-order valence-electron chi connectivity index (χ0n) is 18.8. The molecule has 0 radical (unpaired) electrons. The van der Waals surface area contributed by atoms with Crippen LogP contribution in [-0.2, 0) is 6.54 Å². The van der Waals surface area contributed by atoms with Crippen LogP contribution in [0.3, 0.4) is 0 Å². The number of rotatable bonds is 5. The zero-order valence-corrected chi connectivity index (χ0v) is 18.8. The molecule has 7 nitrogen and oxygen atoms in total. The van der Waals surface area contributed by atoms with E-state index in [4.69, 9.17) is 14.5 Å². The Balaban J connectivity index is 1.47. The number of ether oxygens (including phenoxy) is 2. The summed E-state index contributed by atoms with van der Waals surface area (Å²) in [5, 5.41) is 0. The third-order valence-electron chi connectivity index (χ3n) is 6.83. The Bertz CT molecular complexity index is 1230. The van der Waals surface area contributed by atoms with Crippen molar-refractivity contribution in [2.45, 2.75) is 37.9 Å². The first-order valence-corrected chi connectivity index (χ1v) is 11.4. The van der Waals surface area contributed by atoms with Crippen LogP contribution in [0.2, 0.25) is 0 Å². The van der Waals surface area contributed by atoms with Crippen LogP contribution in [0.4, 0.5) is 5.69 Å². The minimum atomic E-state index is -0.0839. The first kappa shape index (κ1) is 19.9. The molecule has 7 heteroatoms. The average Bonchev–Trinajstić information content (AvgIpc) is 3.52. The SMILES string of the molecule is COc1ccc(Cn2cc3c(c2Oc2ccccc2)C(=O)N(C)C2=NC4CCCC4N23)cc1. The molecule has 0 bridgehead atoms. The number of carbonyl (C=O) groups is 1. The number of aromatic nitrogens is 1. The first-order valence-electron chi connectivity index (χ1n) is 11.4. The Labute approximate surface area is 192 Å². The predicted molar refractivity (Wildman–Crippen MR) is 126 cm³/mol. The summed E-state index contributed by atoms with van der Waals surface area (Å²) in [6, 6.07) is 18.1. The van der Waals surface area contributed by atoms with Crippen LogP contribution in [0.25, 0.3) is 0 Å². The molecule has 0 N–H and O–H groups in total. The quantitative estimate of drug-likeness (QED) is 0.583. The topological polar surface area (TPSA) is 59.3 Å². The molecule has 2 unspecified atom stereocenters. The van der Waals surface area contributed by atoms with Crippen LogP contribution in [-0.4, -0.2) is 47.6 Å². The number of fused-ring (bicyclic) bond motifs is 5. The fourth-order valence-corrected chi connectivity index (χ4v) is 5.19. The lowest BCUT2D eigenvalue weighted by Gasteiger charge is -2.35. The molecule has 2 aliphatic heterocycles. The summed E-state index contributed by atoms with van der Waals surface area (Å²) in [6.45, 7) is 0.574. The minimum Gasteiger partial charge on any atom is -0.497 e. The standard InChI is InChI=1S/C26H26N4O3/c1-28-24(31)23-22(30-21-10-6-9-20(21)27-26(28)30)16-29(15-17-11-13-18(32-2)14-12-17)25(23)33-19-7-4-3-5-8-19/h3-5,7-8,11-14,16,20-21H,6,9-10,15H2,1-2H3. The summed E-state index contributed by atoms with van der Waals surface area (Å²) >= 11 is 0. The van der Waals surface area contributed by atoms with E-state index in [-0.39, 0.29) is 11.9 Å². The lowest BCUT2D eigenvalue weighted by atomic mass is 10.1. The minimum absolute atomic E-state index is 0.0839. The predicted octanol–water partition coefficient (Wildman–Crippen LogP) is 4.52. The van der Waals surface area contributed by atoms with E-state index in [1.807, 2.05) is 66.2 Å². The van der Waals surface area contributed by atoms with Crippen molar-refractivity contribution >= 4 is 17.6 Å². The van der Waals surface area contributed by atoms with Crippen molar-refractivity contribution in [2.24, 2.45) is 4.99 Å². The van der Waals surface area contributed by atoms with Crippen molar-refractivity contribution < 1.29 is 14.3 Å². The molecule has 1 fully saturated rings. The number of aliphatic imine (C=N–C) groups is 1. The second kappa shape index (κ2) is 7.69. The van der Waals surface area contributed by atoms with E-state index in [9.17, 15) is 4.79 Å². The lowest BCUT2D eigenvalue weighted by Crippen LogP contribution is -2.50. The van der Waals surface area contributed by atoms with E-state index >= 15 is 0 Å². The van der Waals surface area contributed by atoms with Crippen molar-refractivity contribution in [2.75, 3.05) is 19.1 Å². The van der Waals surface area contributed by atoms with E-state index in [2.05, 4.69) is 11.1 Å². The molecule has 3 aromatic rings. The maximum atomic E-state index is 13.5. The molecular formula is C26H26N4O3. The first-order chi connectivity index (χ1) is 16.1. The Morgan fingerprint density at radius 1 is 1.03 bits per heavy atom. The van der Waals surface area contributed by atoms with Crippen LogP contribution in [0.1, 0.15) is 35.2 Å². The molecule has 3 heterocycles. The number of nitrogens with zero attached hydrogens (tertiary/aromatic N) is 4. The van der Waals surface area contributed by atoms with Crippen LogP contribution in [0.5, 0.6) is 17.4 Å². The van der Waals surface area contributed by atoms with Gasteiger partial charge in [0.25, 0.3) is 5.91 Å². The van der Waals surface area contributed by atoms with E-state index in [1.165, 1.54) is 0 Å². The molecule has 2 atom stereocenters. The van der Waals surface area contributed by atoms with Crippen LogP contribution >= 0.6 is 0 Å². The molecule has 6 rings (SSSR count). The molecule has 3 aliphatic rings. The van der Waals surface area contributed by atoms with E-state index in [0.717, 1.165) is 42.2 Å². The maximum absolute atomic E-state index is 13.5. The highest BCUT2D eigenvalue weighted by Crippen LogP contribution is 2.45. The number of amides is 1. The Morgan fingerprint density at radius 2 is 1.82 bits per heavy atom. The Hall–Kier alpha value is -3.74. The highest BCUT2D eigenvalue weighted by Gasteiger charge is 2.48. The molecule has 0 saturated heterocycles. The van der Waals surface area contributed by atoms with Crippen LogP contribution in [0, 0.1) is 0 Å². The summed E-state index contributed by atoms with van der Waals surface area (Å²) in [6.07, 6.45) is 5.37. The Kier molecular flexibility index (Phi) is 4.64. The monoisotopic (exact) mass is 442 g/mol. The van der Waals surface area contributed by atoms with Gasteiger partial charge in [-0.25, -0.2) is 4.99 Å². The maximum Gasteiger partial charge on any atom is 0.267 e. The van der Waals surface area contributed by atoms with Gasteiger partial charge in [0.15, 0.2) is 0 Å². The number of guanidine groups is 1. The van der Waals surface area contributed by atoms with Crippen LogP contribution in [0.15, 0.2) is 65.8 Å². The average molecular weight is 443 g/mol. The van der Waals surface area contributed by atoms with Gasteiger partial charge in [-0.3, -0.25) is 9.69 Å². The normalized spacial score (nSPS) is 20.9. The Morgan fingerprint density at radius 3 is 2.58 bits per heavy atom. The molecule has 1 aliphatic carbocycles. The van der Waals surface area contributed by atoms with Gasteiger partial charge in [-0.2, -0.15) is 0 Å². The fourth-order valence-electron chi connectivity index (χ4n) is 5.19. The van der Waals surface area contributed by atoms with Crippen molar-refractivity contribution in [3.8, 4) is 17.4 Å². The number of hydrogen-bond acceptors (Lipinski definition) is 5. The third-order valence-corrected chi connectivity index (χ3v) is 6.83. The van der Waals surface area contributed by atoms with Gasteiger partial charge >= 0.3 is 0 Å². The van der Waals surface area contributed by atoms with E-state index in [0.29, 0.717) is 29.8 Å². The van der Waals surface area contributed by atoms with Gasteiger partial charge in [-0.15, -0.1) is 0 Å². The number of carbonyl (C=O) groups excluding carboxylic acids is 1. The molecule has 168 valence electrons. The van der Waals surface area contributed by atoms with Crippen molar-refractivity contribution in [3.05, 3.63) is 71.9 Å². The molecular weight excluding hydrogens is 416 g/mol. The molecule has 1 saturated carbocycles. The molecule has 1 amide bonds. The van der Waals surface area contributed by atoms with Gasteiger partial charge < -0.3 is 18.9 Å². The fraction of sp³-hybridized carbons (Fsp3) is 0.308. The van der Waals surface area contributed by atoms with Crippen LogP contribution < -0.4 is 14.4 Å². The summed E-state index contributed by atoms with van der Waals surface area (Å²) < 4.78 is 13.7. The largest absolute Gasteiger partial charge is 0.497 e. The van der Waals surface area contributed by atoms with Crippen molar-refractivity contribution in [1.82, 2.24) is 9.47 Å². The van der Waals surface area contributed by atoms with E-state index < -0.39 is 0 Å². The summed E-state index contributed by atoms with van der Waals surface area (Å²) in [4.78, 5) is 22.4. The van der Waals surface area contributed by atoms with E-state index in [1.54, 1.807) is 12.0 Å². The zero-order chi connectivity index (χ0) is 22.5. The second-order valence-electron chi connectivity index (χ2n) is 8.81. The summed E-state index contributed by atoms with van der Waals surface area (Å²) in [7, 11) is 3.47. The number of para-hydroxylation sites is 1.